The van der Waals surface area contributed by atoms with Crippen LogP contribution < -0.4 is 10.5 Å². The van der Waals surface area contributed by atoms with Gasteiger partial charge in [-0.3, -0.25) is 0 Å². The van der Waals surface area contributed by atoms with Crippen LogP contribution in [0.25, 0.3) is 0 Å². The van der Waals surface area contributed by atoms with Crippen molar-refractivity contribution in [3.63, 3.8) is 0 Å². The fraction of sp³-hybridized carbons (Fsp3) is 0.333. The minimum Gasteiger partial charge on any atom is -0.330 e. The van der Waals surface area contributed by atoms with Crippen molar-refractivity contribution in [1.82, 2.24) is 4.72 Å². The van der Waals surface area contributed by atoms with Crippen LogP contribution in [0.4, 0.5) is 8.78 Å². The van der Waals surface area contributed by atoms with Crippen LogP contribution in [0.5, 0.6) is 0 Å². The predicted octanol–water partition coefficient (Wildman–Crippen LogP) is 1.35. The number of nitrogens with one attached hydrogen (secondary N) is 1. The van der Waals surface area contributed by atoms with Gasteiger partial charge in [-0.05, 0) is 35.0 Å². The Kier molecular flexibility index (Phi) is 4.99. The first-order valence-corrected chi connectivity index (χ1v) is 7.00. The van der Waals surface area contributed by atoms with Crippen molar-refractivity contribution in [3.05, 3.63) is 28.2 Å². The van der Waals surface area contributed by atoms with Crippen molar-refractivity contribution in [3.8, 4) is 0 Å². The highest BCUT2D eigenvalue weighted by Gasteiger charge is 2.22. The highest BCUT2D eigenvalue weighted by Crippen LogP contribution is 2.25. The third kappa shape index (κ3) is 3.70. The van der Waals surface area contributed by atoms with E-state index in [1.807, 2.05) is 0 Å². The molecule has 0 spiro atoms. The Hall–Kier alpha value is -0.570. The van der Waals surface area contributed by atoms with E-state index in [1.165, 1.54) is 0 Å². The summed E-state index contributed by atoms with van der Waals surface area (Å²) >= 11 is 2.82. The fourth-order valence-electron chi connectivity index (χ4n) is 1.17. The summed E-state index contributed by atoms with van der Waals surface area (Å²) in [5.74, 6) is -1.99. The van der Waals surface area contributed by atoms with Gasteiger partial charge in [-0.25, -0.2) is 21.9 Å². The summed E-state index contributed by atoms with van der Waals surface area (Å²) in [4.78, 5) is -0.601. The van der Waals surface area contributed by atoms with Gasteiger partial charge in [-0.1, -0.05) is 0 Å². The lowest BCUT2D eigenvalue weighted by Crippen LogP contribution is -2.27. The van der Waals surface area contributed by atoms with Crippen molar-refractivity contribution >= 4 is 26.0 Å². The highest BCUT2D eigenvalue weighted by molar-refractivity contribution is 9.10. The maximum atomic E-state index is 13.4. The van der Waals surface area contributed by atoms with E-state index in [4.69, 9.17) is 5.73 Å². The monoisotopic (exact) mass is 328 g/mol. The van der Waals surface area contributed by atoms with E-state index in [0.717, 1.165) is 6.07 Å². The van der Waals surface area contributed by atoms with Crippen molar-refractivity contribution in [2.75, 3.05) is 13.1 Å². The summed E-state index contributed by atoms with van der Waals surface area (Å²) in [5, 5.41) is 0. The van der Waals surface area contributed by atoms with Gasteiger partial charge in [0.05, 0.1) is 0 Å². The molecule has 96 valence electrons. The smallest absolute Gasteiger partial charge is 0.244 e. The minimum absolute atomic E-state index is 0.0993. The molecule has 0 aliphatic rings. The van der Waals surface area contributed by atoms with Gasteiger partial charge in [-0.15, -0.1) is 0 Å². The molecule has 0 saturated heterocycles. The number of hydrogen-bond acceptors (Lipinski definition) is 3. The normalized spacial score (nSPS) is 11.8. The summed E-state index contributed by atoms with van der Waals surface area (Å²) < 4.78 is 51.7. The van der Waals surface area contributed by atoms with Crippen molar-refractivity contribution in [1.29, 1.82) is 0 Å². The molecule has 0 radical (unpaired) electrons. The molecule has 0 aromatic heterocycles. The molecule has 0 fully saturated rings. The van der Waals surface area contributed by atoms with Gasteiger partial charge in [0.2, 0.25) is 10.0 Å². The topological polar surface area (TPSA) is 72.2 Å². The van der Waals surface area contributed by atoms with Crippen LogP contribution in [-0.4, -0.2) is 21.5 Å². The number of hydrogen-bond donors (Lipinski definition) is 2. The van der Waals surface area contributed by atoms with Gasteiger partial charge >= 0.3 is 0 Å². The maximum absolute atomic E-state index is 13.4. The number of rotatable bonds is 5. The van der Waals surface area contributed by atoms with E-state index in [2.05, 4.69) is 20.7 Å². The SMILES string of the molecule is NCCCNS(=O)(=O)c1c(F)cc(F)cc1Br. The second kappa shape index (κ2) is 5.85. The lowest BCUT2D eigenvalue weighted by Gasteiger charge is -2.09. The number of nitrogens with two attached hydrogens (primary N) is 1. The molecule has 0 amide bonds. The largest absolute Gasteiger partial charge is 0.330 e. The summed E-state index contributed by atoms with van der Waals surface area (Å²) in [6.45, 7) is 0.414. The first-order valence-electron chi connectivity index (χ1n) is 4.73. The molecule has 4 nitrogen and oxygen atoms in total. The van der Waals surface area contributed by atoms with Crippen molar-refractivity contribution in [2.24, 2.45) is 5.73 Å². The summed E-state index contributed by atoms with van der Waals surface area (Å²) in [5.41, 5.74) is 5.21. The van der Waals surface area contributed by atoms with Gasteiger partial charge in [-0.2, -0.15) is 0 Å². The summed E-state index contributed by atoms with van der Waals surface area (Å²) in [6, 6.07) is 1.41. The Morgan fingerprint density at radius 1 is 1.35 bits per heavy atom. The molecule has 0 atom stereocenters. The standard InChI is InChI=1S/C9H11BrF2N2O2S/c10-7-4-6(11)5-8(12)9(7)17(15,16)14-3-1-2-13/h4-5,14H,1-3,13H2. The summed E-state index contributed by atoms with van der Waals surface area (Å²) in [6.07, 6.45) is 0.430. The molecule has 3 N–H and O–H groups in total. The van der Waals surface area contributed by atoms with Gasteiger partial charge in [0, 0.05) is 17.1 Å². The van der Waals surface area contributed by atoms with Crippen LogP contribution in [-0.2, 0) is 10.0 Å². The zero-order chi connectivity index (χ0) is 13.1. The molecule has 0 unspecified atom stereocenters. The molecule has 1 rings (SSSR count). The third-order valence-corrected chi connectivity index (χ3v) is 4.33. The van der Waals surface area contributed by atoms with Crippen molar-refractivity contribution in [2.45, 2.75) is 11.3 Å². The first kappa shape index (κ1) is 14.5. The zero-order valence-corrected chi connectivity index (χ0v) is 11.1. The highest BCUT2D eigenvalue weighted by atomic mass is 79.9. The molecular weight excluding hydrogens is 318 g/mol. The van der Waals surface area contributed by atoms with Gasteiger partial charge in [0.15, 0.2) is 0 Å². The van der Waals surface area contributed by atoms with Crippen LogP contribution in [0.15, 0.2) is 21.5 Å². The zero-order valence-electron chi connectivity index (χ0n) is 8.71. The van der Waals surface area contributed by atoms with E-state index in [0.29, 0.717) is 19.0 Å². The Morgan fingerprint density at radius 2 is 2.00 bits per heavy atom. The van der Waals surface area contributed by atoms with Crippen LogP contribution in [0, 0.1) is 11.6 Å². The number of sulfonamides is 1. The predicted molar refractivity (Wildman–Crippen MR) is 62.9 cm³/mol. The molecule has 1 aromatic rings. The van der Waals surface area contributed by atoms with Crippen molar-refractivity contribution < 1.29 is 17.2 Å². The fourth-order valence-corrected chi connectivity index (χ4v) is 3.40. The first-order chi connectivity index (χ1) is 7.88. The molecular formula is C9H11BrF2N2O2S. The molecule has 8 heteroatoms. The molecule has 1 aromatic carbocycles. The molecule has 0 heterocycles. The molecule has 0 aliphatic heterocycles. The van der Waals surface area contributed by atoms with Gasteiger partial charge in [0.1, 0.15) is 16.5 Å². The number of benzene rings is 1. The van der Waals surface area contributed by atoms with Gasteiger partial charge < -0.3 is 5.73 Å². The lowest BCUT2D eigenvalue weighted by molar-refractivity contribution is 0.540. The lowest BCUT2D eigenvalue weighted by atomic mass is 10.3. The molecule has 0 saturated carbocycles. The average Bonchev–Trinajstić information content (AvgIpc) is 2.15. The Labute approximate surface area is 106 Å². The van der Waals surface area contributed by atoms with E-state index in [9.17, 15) is 17.2 Å². The van der Waals surface area contributed by atoms with Gasteiger partial charge in [0.25, 0.3) is 0 Å². The Balaban J connectivity index is 3.07. The van der Waals surface area contributed by atoms with E-state index in [1.54, 1.807) is 0 Å². The summed E-state index contributed by atoms with van der Waals surface area (Å²) in [7, 11) is -4.00. The van der Waals surface area contributed by atoms with E-state index < -0.39 is 26.6 Å². The maximum Gasteiger partial charge on any atom is 0.244 e. The van der Waals surface area contributed by atoms with E-state index >= 15 is 0 Å². The quantitative estimate of drug-likeness (QED) is 0.801. The molecule has 0 bridgehead atoms. The average molecular weight is 329 g/mol. The van der Waals surface area contributed by atoms with Crippen LogP contribution in [0.2, 0.25) is 0 Å². The second-order valence-electron chi connectivity index (χ2n) is 3.24. The van der Waals surface area contributed by atoms with Crippen LogP contribution in [0.1, 0.15) is 6.42 Å². The van der Waals surface area contributed by atoms with Crippen LogP contribution in [0.3, 0.4) is 0 Å². The Morgan fingerprint density at radius 3 is 2.53 bits per heavy atom. The van der Waals surface area contributed by atoms with E-state index in [-0.39, 0.29) is 11.0 Å². The minimum atomic E-state index is -4.00. The Bertz CT molecular complexity index is 485. The van der Waals surface area contributed by atoms with Crippen LogP contribution >= 0.6 is 15.9 Å². The molecule has 17 heavy (non-hydrogen) atoms. The second-order valence-corrected chi connectivity index (χ2v) is 5.80. The molecule has 0 aliphatic carbocycles. The third-order valence-electron chi connectivity index (χ3n) is 1.90. The number of halogens is 3.